The second kappa shape index (κ2) is 4.49. The fourth-order valence-electron chi connectivity index (χ4n) is 1.97. The van der Waals surface area contributed by atoms with E-state index in [1.54, 1.807) is 6.92 Å². The molecule has 0 saturated heterocycles. The standard InChI is InChI=1S/C12H10F3NO3/c1-2-7-8-5-6(19-12(13,14)15)3-4-9(8)16-10(7)11(17)18/h3-5,16H,2H2,1H3,(H,17,18). The number of aryl methyl sites for hydroxylation is 1. The molecule has 1 heterocycles. The predicted molar refractivity (Wildman–Crippen MR) is 61.3 cm³/mol. The monoisotopic (exact) mass is 273 g/mol. The van der Waals surface area contributed by atoms with E-state index >= 15 is 0 Å². The Morgan fingerprint density at radius 1 is 1.42 bits per heavy atom. The van der Waals surface area contributed by atoms with Crippen molar-refractivity contribution in [1.82, 2.24) is 4.98 Å². The van der Waals surface area contributed by atoms with Crippen molar-refractivity contribution in [3.8, 4) is 5.75 Å². The Labute approximate surface area is 105 Å². The summed E-state index contributed by atoms with van der Waals surface area (Å²) in [5.74, 6) is -1.52. The lowest BCUT2D eigenvalue weighted by Gasteiger charge is -2.08. The lowest BCUT2D eigenvalue weighted by molar-refractivity contribution is -0.274. The fourth-order valence-corrected chi connectivity index (χ4v) is 1.97. The van der Waals surface area contributed by atoms with Gasteiger partial charge in [0.05, 0.1) is 0 Å². The molecule has 0 aliphatic heterocycles. The van der Waals surface area contributed by atoms with E-state index in [4.69, 9.17) is 5.11 Å². The van der Waals surface area contributed by atoms with Gasteiger partial charge in [0.15, 0.2) is 0 Å². The summed E-state index contributed by atoms with van der Waals surface area (Å²) in [5, 5.41) is 9.43. The van der Waals surface area contributed by atoms with Crippen LogP contribution in [0.2, 0.25) is 0 Å². The maximum Gasteiger partial charge on any atom is 0.573 e. The highest BCUT2D eigenvalue weighted by atomic mass is 19.4. The Morgan fingerprint density at radius 2 is 2.11 bits per heavy atom. The summed E-state index contributed by atoms with van der Waals surface area (Å²) in [7, 11) is 0. The number of aromatic amines is 1. The van der Waals surface area contributed by atoms with E-state index in [-0.39, 0.29) is 11.4 Å². The van der Waals surface area contributed by atoms with E-state index in [1.165, 1.54) is 12.1 Å². The predicted octanol–water partition coefficient (Wildman–Crippen LogP) is 3.33. The molecule has 0 amide bonds. The minimum Gasteiger partial charge on any atom is -0.477 e. The van der Waals surface area contributed by atoms with Gasteiger partial charge >= 0.3 is 12.3 Å². The lowest BCUT2D eigenvalue weighted by Crippen LogP contribution is -2.16. The number of carbonyl (C=O) groups is 1. The summed E-state index contributed by atoms with van der Waals surface area (Å²) in [6.07, 6.45) is -4.39. The molecule has 0 saturated carbocycles. The minimum atomic E-state index is -4.77. The SMILES string of the molecule is CCc1c(C(=O)O)[nH]c2ccc(OC(F)(F)F)cc12. The van der Waals surface area contributed by atoms with Crippen molar-refractivity contribution < 1.29 is 27.8 Å². The minimum absolute atomic E-state index is 0.0124. The highest BCUT2D eigenvalue weighted by molar-refractivity contribution is 5.97. The highest BCUT2D eigenvalue weighted by Gasteiger charge is 2.31. The van der Waals surface area contributed by atoms with Gasteiger partial charge in [-0.25, -0.2) is 4.79 Å². The largest absolute Gasteiger partial charge is 0.573 e. The molecule has 0 fully saturated rings. The van der Waals surface area contributed by atoms with Crippen molar-refractivity contribution in [2.24, 2.45) is 0 Å². The Kier molecular flexibility index (Phi) is 3.13. The number of halogens is 3. The Morgan fingerprint density at radius 3 is 2.63 bits per heavy atom. The van der Waals surface area contributed by atoms with E-state index in [0.717, 1.165) is 6.07 Å². The molecule has 0 aliphatic rings. The topological polar surface area (TPSA) is 62.3 Å². The Bertz CT molecular complexity index is 631. The van der Waals surface area contributed by atoms with Gasteiger partial charge in [0, 0.05) is 10.9 Å². The summed E-state index contributed by atoms with van der Waals surface area (Å²) >= 11 is 0. The van der Waals surface area contributed by atoms with Crippen molar-refractivity contribution in [2.45, 2.75) is 19.7 Å². The number of fused-ring (bicyclic) bond motifs is 1. The summed E-state index contributed by atoms with van der Waals surface area (Å²) in [6, 6.07) is 3.68. The Balaban J connectivity index is 2.55. The molecule has 1 aromatic carbocycles. The number of rotatable bonds is 3. The third kappa shape index (κ3) is 2.64. The number of ether oxygens (including phenoxy) is 1. The molecule has 0 spiro atoms. The number of nitrogens with one attached hydrogen (secondary N) is 1. The normalized spacial score (nSPS) is 11.8. The smallest absolute Gasteiger partial charge is 0.477 e. The van der Waals surface area contributed by atoms with Crippen molar-refractivity contribution in [2.75, 3.05) is 0 Å². The van der Waals surface area contributed by atoms with Crippen molar-refractivity contribution in [1.29, 1.82) is 0 Å². The maximum absolute atomic E-state index is 12.1. The van der Waals surface area contributed by atoms with Gasteiger partial charge in [0.1, 0.15) is 11.4 Å². The van der Waals surface area contributed by atoms with Gasteiger partial charge in [0.25, 0.3) is 0 Å². The number of hydrogen-bond donors (Lipinski definition) is 2. The number of aromatic nitrogens is 1. The zero-order valence-electron chi connectivity index (χ0n) is 9.84. The van der Waals surface area contributed by atoms with Gasteiger partial charge in [-0.2, -0.15) is 0 Å². The molecule has 7 heteroatoms. The van der Waals surface area contributed by atoms with Gasteiger partial charge in [-0.1, -0.05) is 6.92 Å². The molecule has 2 aromatic rings. The molecule has 0 bridgehead atoms. The summed E-state index contributed by atoms with van der Waals surface area (Å²) in [4.78, 5) is 13.7. The van der Waals surface area contributed by atoms with Crippen LogP contribution in [0.15, 0.2) is 18.2 Å². The molecule has 0 unspecified atom stereocenters. The lowest BCUT2D eigenvalue weighted by atomic mass is 10.1. The number of H-pyrrole nitrogens is 1. The molecular weight excluding hydrogens is 263 g/mol. The summed E-state index contributed by atoms with van der Waals surface area (Å²) in [6.45, 7) is 1.73. The molecular formula is C12H10F3NO3. The first kappa shape index (κ1) is 13.3. The van der Waals surface area contributed by atoms with Crippen LogP contribution < -0.4 is 4.74 Å². The maximum atomic E-state index is 12.1. The molecule has 102 valence electrons. The van der Waals surface area contributed by atoms with Crippen LogP contribution in [0.4, 0.5) is 13.2 Å². The van der Waals surface area contributed by atoms with Gasteiger partial charge in [-0.05, 0) is 30.2 Å². The quantitative estimate of drug-likeness (QED) is 0.901. The van der Waals surface area contributed by atoms with Crippen molar-refractivity contribution >= 4 is 16.9 Å². The second-order valence-electron chi connectivity index (χ2n) is 3.89. The first-order chi connectivity index (χ1) is 8.81. The highest BCUT2D eigenvalue weighted by Crippen LogP contribution is 2.30. The summed E-state index contributed by atoms with van der Waals surface area (Å²) in [5.41, 5.74) is 0.903. The molecule has 2 N–H and O–H groups in total. The number of hydrogen-bond acceptors (Lipinski definition) is 2. The van der Waals surface area contributed by atoms with Gasteiger partial charge in [-0.15, -0.1) is 13.2 Å². The van der Waals surface area contributed by atoms with Crippen LogP contribution in [0.5, 0.6) is 5.75 Å². The van der Waals surface area contributed by atoms with Crippen LogP contribution >= 0.6 is 0 Å². The average molecular weight is 273 g/mol. The first-order valence-corrected chi connectivity index (χ1v) is 5.45. The molecule has 0 atom stereocenters. The van der Waals surface area contributed by atoms with Crippen molar-refractivity contribution in [3.05, 3.63) is 29.5 Å². The average Bonchev–Trinajstić information content (AvgIpc) is 2.64. The van der Waals surface area contributed by atoms with Crippen LogP contribution in [0.3, 0.4) is 0 Å². The molecule has 1 aromatic heterocycles. The first-order valence-electron chi connectivity index (χ1n) is 5.45. The van der Waals surface area contributed by atoms with E-state index in [0.29, 0.717) is 22.9 Å². The van der Waals surface area contributed by atoms with E-state index in [1.807, 2.05) is 0 Å². The molecule has 0 radical (unpaired) electrons. The third-order valence-corrected chi connectivity index (χ3v) is 2.68. The van der Waals surface area contributed by atoms with E-state index < -0.39 is 12.3 Å². The van der Waals surface area contributed by atoms with Crippen LogP contribution in [-0.2, 0) is 6.42 Å². The number of aromatic carboxylic acids is 1. The number of benzene rings is 1. The zero-order valence-corrected chi connectivity index (χ0v) is 9.84. The number of alkyl halides is 3. The molecule has 4 nitrogen and oxygen atoms in total. The van der Waals surface area contributed by atoms with Crippen LogP contribution in [0.25, 0.3) is 10.9 Å². The summed E-state index contributed by atoms with van der Waals surface area (Å²) < 4.78 is 40.2. The number of carboxylic acid groups (broad SMARTS) is 1. The van der Waals surface area contributed by atoms with Gasteiger partial charge in [0.2, 0.25) is 0 Å². The van der Waals surface area contributed by atoms with Crippen LogP contribution in [-0.4, -0.2) is 22.4 Å². The Hall–Kier alpha value is -2.18. The van der Waals surface area contributed by atoms with Crippen LogP contribution in [0, 0.1) is 0 Å². The number of carboxylic acids is 1. The van der Waals surface area contributed by atoms with Gasteiger partial charge < -0.3 is 14.8 Å². The van der Waals surface area contributed by atoms with Crippen molar-refractivity contribution in [3.63, 3.8) is 0 Å². The molecule has 19 heavy (non-hydrogen) atoms. The van der Waals surface area contributed by atoms with E-state index in [2.05, 4.69) is 9.72 Å². The second-order valence-corrected chi connectivity index (χ2v) is 3.89. The third-order valence-electron chi connectivity index (χ3n) is 2.68. The molecule has 0 aliphatic carbocycles. The zero-order chi connectivity index (χ0) is 14.2. The van der Waals surface area contributed by atoms with Crippen LogP contribution in [0.1, 0.15) is 23.0 Å². The van der Waals surface area contributed by atoms with E-state index in [9.17, 15) is 18.0 Å². The van der Waals surface area contributed by atoms with Gasteiger partial charge in [-0.3, -0.25) is 0 Å². The molecule has 2 rings (SSSR count). The fraction of sp³-hybridized carbons (Fsp3) is 0.250.